The smallest absolute Gasteiger partial charge is 0.218 e. The molecule has 0 spiro atoms. The van der Waals surface area contributed by atoms with E-state index < -0.39 is 0 Å². The summed E-state index contributed by atoms with van der Waals surface area (Å²) in [4.78, 5) is 8.54. The standard InChI is InChI=1S/C12H20ClN3O/c1-4-10(6-7-13)16-11-8-12(17-5-2)15-9(3)14-11/h8,10H,4-7H2,1-3H3,(H,14,15,16). The molecule has 0 saturated carbocycles. The van der Waals surface area contributed by atoms with Crippen molar-refractivity contribution < 1.29 is 4.74 Å². The predicted molar refractivity (Wildman–Crippen MR) is 71.0 cm³/mol. The highest BCUT2D eigenvalue weighted by Gasteiger charge is 2.08. The van der Waals surface area contributed by atoms with Crippen LogP contribution in [0.1, 0.15) is 32.5 Å². The number of rotatable bonds is 7. The van der Waals surface area contributed by atoms with Gasteiger partial charge in [0.15, 0.2) is 0 Å². The number of hydrogen-bond acceptors (Lipinski definition) is 4. The third-order valence-corrected chi connectivity index (χ3v) is 2.63. The lowest BCUT2D eigenvalue weighted by atomic mass is 10.2. The first-order valence-electron chi connectivity index (χ1n) is 6.00. The number of nitrogens with one attached hydrogen (secondary N) is 1. The number of alkyl halides is 1. The number of anilines is 1. The van der Waals surface area contributed by atoms with E-state index in [0.717, 1.165) is 18.7 Å². The molecule has 0 aliphatic heterocycles. The fourth-order valence-corrected chi connectivity index (χ4v) is 1.82. The molecule has 96 valence electrons. The van der Waals surface area contributed by atoms with Crippen molar-refractivity contribution in [2.24, 2.45) is 0 Å². The second-order valence-corrected chi connectivity index (χ2v) is 4.18. The van der Waals surface area contributed by atoms with E-state index in [-0.39, 0.29) is 0 Å². The molecule has 1 rings (SSSR count). The quantitative estimate of drug-likeness (QED) is 0.763. The molecule has 0 aliphatic rings. The van der Waals surface area contributed by atoms with Crippen molar-refractivity contribution >= 4 is 17.4 Å². The van der Waals surface area contributed by atoms with Gasteiger partial charge in [-0.25, -0.2) is 4.98 Å². The third-order valence-electron chi connectivity index (χ3n) is 2.41. The Kier molecular flexibility index (Phi) is 6.05. The van der Waals surface area contributed by atoms with Crippen molar-refractivity contribution in [3.8, 4) is 5.88 Å². The van der Waals surface area contributed by atoms with Crippen molar-refractivity contribution in [2.45, 2.75) is 39.7 Å². The minimum atomic E-state index is 0.344. The Balaban J connectivity index is 2.75. The number of ether oxygens (including phenoxy) is 1. The highest BCUT2D eigenvalue weighted by molar-refractivity contribution is 6.17. The molecule has 5 heteroatoms. The SMILES string of the molecule is CCOc1cc(NC(CC)CCCl)nc(C)n1. The maximum Gasteiger partial charge on any atom is 0.218 e. The lowest BCUT2D eigenvalue weighted by Gasteiger charge is -2.16. The fourth-order valence-electron chi connectivity index (χ4n) is 1.56. The maximum atomic E-state index is 5.76. The maximum absolute atomic E-state index is 5.76. The molecule has 1 aromatic rings. The van der Waals surface area contributed by atoms with E-state index in [2.05, 4.69) is 22.2 Å². The van der Waals surface area contributed by atoms with Gasteiger partial charge in [-0.05, 0) is 26.7 Å². The Bertz CT molecular complexity index is 347. The molecule has 0 fully saturated rings. The molecule has 1 unspecified atom stereocenters. The van der Waals surface area contributed by atoms with Gasteiger partial charge in [0.25, 0.3) is 0 Å². The first-order valence-corrected chi connectivity index (χ1v) is 6.54. The van der Waals surface area contributed by atoms with Crippen molar-refractivity contribution in [3.05, 3.63) is 11.9 Å². The molecule has 1 heterocycles. The van der Waals surface area contributed by atoms with E-state index in [1.807, 2.05) is 19.9 Å². The van der Waals surface area contributed by atoms with E-state index in [4.69, 9.17) is 16.3 Å². The van der Waals surface area contributed by atoms with E-state index in [1.54, 1.807) is 0 Å². The van der Waals surface area contributed by atoms with Gasteiger partial charge in [0, 0.05) is 18.0 Å². The van der Waals surface area contributed by atoms with Crippen LogP contribution in [0.4, 0.5) is 5.82 Å². The second kappa shape index (κ2) is 7.33. The summed E-state index contributed by atoms with van der Waals surface area (Å²) in [7, 11) is 0. The zero-order chi connectivity index (χ0) is 12.7. The Morgan fingerprint density at radius 1 is 1.41 bits per heavy atom. The van der Waals surface area contributed by atoms with Crippen LogP contribution in [0.2, 0.25) is 0 Å². The van der Waals surface area contributed by atoms with Crippen LogP contribution in [0.15, 0.2) is 6.07 Å². The molecule has 17 heavy (non-hydrogen) atoms. The Morgan fingerprint density at radius 3 is 2.76 bits per heavy atom. The van der Waals surface area contributed by atoms with Gasteiger partial charge in [0.1, 0.15) is 11.6 Å². The van der Waals surface area contributed by atoms with Crippen LogP contribution in [-0.4, -0.2) is 28.5 Å². The van der Waals surface area contributed by atoms with Crippen LogP contribution >= 0.6 is 11.6 Å². The average molecular weight is 258 g/mol. The molecular weight excluding hydrogens is 238 g/mol. The number of halogens is 1. The molecule has 0 saturated heterocycles. The van der Waals surface area contributed by atoms with Crippen LogP contribution in [0.25, 0.3) is 0 Å². The Hall–Kier alpha value is -1.03. The lowest BCUT2D eigenvalue weighted by Crippen LogP contribution is -2.20. The number of aryl methyl sites for hydroxylation is 1. The molecule has 1 N–H and O–H groups in total. The van der Waals surface area contributed by atoms with Gasteiger partial charge < -0.3 is 10.1 Å². The molecule has 4 nitrogen and oxygen atoms in total. The zero-order valence-electron chi connectivity index (χ0n) is 10.7. The van der Waals surface area contributed by atoms with E-state index in [0.29, 0.717) is 30.2 Å². The minimum absolute atomic E-state index is 0.344. The van der Waals surface area contributed by atoms with Gasteiger partial charge in [0.05, 0.1) is 6.61 Å². The monoisotopic (exact) mass is 257 g/mol. The van der Waals surface area contributed by atoms with Crippen LogP contribution in [0.3, 0.4) is 0 Å². The highest BCUT2D eigenvalue weighted by atomic mass is 35.5. The van der Waals surface area contributed by atoms with Gasteiger partial charge in [-0.3, -0.25) is 0 Å². The van der Waals surface area contributed by atoms with Crippen LogP contribution in [0.5, 0.6) is 5.88 Å². The Morgan fingerprint density at radius 2 is 2.18 bits per heavy atom. The highest BCUT2D eigenvalue weighted by Crippen LogP contribution is 2.16. The van der Waals surface area contributed by atoms with Gasteiger partial charge in [0.2, 0.25) is 5.88 Å². The Labute approximate surface area is 108 Å². The average Bonchev–Trinajstić information content (AvgIpc) is 2.28. The summed E-state index contributed by atoms with van der Waals surface area (Å²) in [6, 6.07) is 2.17. The van der Waals surface area contributed by atoms with Gasteiger partial charge in [-0.1, -0.05) is 6.92 Å². The summed E-state index contributed by atoms with van der Waals surface area (Å²) < 4.78 is 5.39. The van der Waals surface area contributed by atoms with Crippen LogP contribution in [0, 0.1) is 6.92 Å². The van der Waals surface area contributed by atoms with Gasteiger partial charge in [-0.2, -0.15) is 4.98 Å². The van der Waals surface area contributed by atoms with Crippen molar-refractivity contribution in [2.75, 3.05) is 17.8 Å². The largest absolute Gasteiger partial charge is 0.478 e. The number of aromatic nitrogens is 2. The summed E-state index contributed by atoms with van der Waals surface area (Å²) in [5, 5.41) is 3.35. The topological polar surface area (TPSA) is 47.0 Å². The normalized spacial score (nSPS) is 12.2. The summed E-state index contributed by atoms with van der Waals surface area (Å²) >= 11 is 5.76. The van der Waals surface area contributed by atoms with Crippen LogP contribution in [-0.2, 0) is 0 Å². The number of hydrogen-bond donors (Lipinski definition) is 1. The summed E-state index contributed by atoms with van der Waals surface area (Å²) in [5.74, 6) is 2.77. The third kappa shape index (κ3) is 4.77. The molecule has 0 aromatic carbocycles. The predicted octanol–water partition coefficient (Wildman–Crippen LogP) is 3.00. The summed E-state index contributed by atoms with van der Waals surface area (Å²) in [6.45, 7) is 6.53. The summed E-state index contributed by atoms with van der Waals surface area (Å²) in [6.07, 6.45) is 1.94. The molecular formula is C12H20ClN3O. The van der Waals surface area contributed by atoms with Crippen molar-refractivity contribution in [1.82, 2.24) is 9.97 Å². The number of nitrogens with zero attached hydrogens (tertiary/aromatic N) is 2. The first-order chi connectivity index (χ1) is 8.19. The van der Waals surface area contributed by atoms with Crippen molar-refractivity contribution in [3.63, 3.8) is 0 Å². The molecule has 1 atom stereocenters. The molecule has 0 radical (unpaired) electrons. The molecule has 0 bridgehead atoms. The van der Waals surface area contributed by atoms with E-state index >= 15 is 0 Å². The summed E-state index contributed by atoms with van der Waals surface area (Å²) in [5.41, 5.74) is 0. The molecule has 0 amide bonds. The van der Waals surface area contributed by atoms with Gasteiger partial charge >= 0.3 is 0 Å². The van der Waals surface area contributed by atoms with E-state index in [9.17, 15) is 0 Å². The molecule has 1 aromatic heterocycles. The lowest BCUT2D eigenvalue weighted by molar-refractivity contribution is 0.325. The van der Waals surface area contributed by atoms with Gasteiger partial charge in [-0.15, -0.1) is 11.6 Å². The van der Waals surface area contributed by atoms with Crippen molar-refractivity contribution in [1.29, 1.82) is 0 Å². The van der Waals surface area contributed by atoms with E-state index in [1.165, 1.54) is 0 Å². The first kappa shape index (κ1) is 14.0. The molecule has 0 aliphatic carbocycles. The van der Waals surface area contributed by atoms with Crippen LogP contribution < -0.4 is 10.1 Å². The zero-order valence-corrected chi connectivity index (χ0v) is 11.4. The second-order valence-electron chi connectivity index (χ2n) is 3.80. The minimum Gasteiger partial charge on any atom is -0.478 e. The fraction of sp³-hybridized carbons (Fsp3) is 0.667.